The number of rotatable bonds is 7. The molecule has 2 N–H and O–H groups in total. The van der Waals surface area contributed by atoms with Crippen LogP contribution < -0.4 is 5.32 Å². The van der Waals surface area contributed by atoms with Gasteiger partial charge in [-0.2, -0.15) is 0 Å². The van der Waals surface area contributed by atoms with Crippen molar-refractivity contribution in [3.05, 3.63) is 54.1 Å². The molecule has 2 aromatic rings. The van der Waals surface area contributed by atoms with E-state index in [4.69, 9.17) is 0 Å². The number of aromatic nitrogens is 2. The molecule has 0 bridgehead atoms. The predicted molar refractivity (Wildman–Crippen MR) is 74.4 cm³/mol. The number of H-pyrrole nitrogens is 1. The first-order valence-corrected chi connectivity index (χ1v) is 6.66. The number of nitrogens with zero attached hydrogens (tertiary/aromatic N) is 1. The average molecular weight is 243 g/mol. The topological polar surface area (TPSA) is 40.7 Å². The summed E-state index contributed by atoms with van der Waals surface area (Å²) in [5.41, 5.74) is 2.42. The van der Waals surface area contributed by atoms with Crippen molar-refractivity contribution in [2.75, 3.05) is 6.54 Å². The van der Waals surface area contributed by atoms with Crippen LogP contribution in [0.4, 0.5) is 0 Å². The number of hydrogen-bond acceptors (Lipinski definition) is 2. The van der Waals surface area contributed by atoms with E-state index in [1.807, 2.05) is 24.5 Å². The van der Waals surface area contributed by atoms with E-state index in [1.54, 1.807) is 0 Å². The van der Waals surface area contributed by atoms with Crippen LogP contribution in [0, 0.1) is 0 Å². The summed E-state index contributed by atoms with van der Waals surface area (Å²) in [5.74, 6) is 0. The van der Waals surface area contributed by atoms with E-state index in [2.05, 4.69) is 40.4 Å². The Kier molecular flexibility index (Phi) is 4.97. The summed E-state index contributed by atoms with van der Waals surface area (Å²) in [5, 5.41) is 3.58. The van der Waals surface area contributed by atoms with Gasteiger partial charge in [-0.3, -0.25) is 4.98 Å². The van der Waals surface area contributed by atoms with E-state index in [0.717, 1.165) is 31.5 Å². The summed E-state index contributed by atoms with van der Waals surface area (Å²) in [4.78, 5) is 7.67. The number of nitrogens with one attached hydrogen (secondary N) is 2. The molecule has 0 aliphatic heterocycles. The van der Waals surface area contributed by atoms with Gasteiger partial charge in [0.1, 0.15) is 0 Å². The molecule has 0 saturated carbocycles. The molecule has 1 unspecified atom stereocenters. The highest BCUT2D eigenvalue weighted by Crippen LogP contribution is 2.16. The van der Waals surface area contributed by atoms with Crippen LogP contribution in [0.15, 0.2) is 42.7 Å². The lowest BCUT2D eigenvalue weighted by molar-refractivity contribution is 0.488. The second-order valence-electron chi connectivity index (χ2n) is 4.49. The van der Waals surface area contributed by atoms with Crippen molar-refractivity contribution < 1.29 is 0 Å². The van der Waals surface area contributed by atoms with Crippen LogP contribution in [0.25, 0.3) is 0 Å². The minimum Gasteiger partial charge on any atom is -0.364 e. The summed E-state index contributed by atoms with van der Waals surface area (Å²) in [6.07, 6.45) is 7.06. The van der Waals surface area contributed by atoms with Gasteiger partial charge in [-0.25, -0.2) is 0 Å². The van der Waals surface area contributed by atoms with Crippen LogP contribution in [0.1, 0.15) is 37.2 Å². The first-order valence-electron chi connectivity index (χ1n) is 6.66. The highest BCUT2D eigenvalue weighted by atomic mass is 14.9. The molecule has 96 valence electrons. The molecule has 0 spiro atoms. The van der Waals surface area contributed by atoms with Gasteiger partial charge < -0.3 is 10.3 Å². The van der Waals surface area contributed by atoms with Crippen molar-refractivity contribution in [3.63, 3.8) is 0 Å². The van der Waals surface area contributed by atoms with E-state index >= 15 is 0 Å². The van der Waals surface area contributed by atoms with Crippen molar-refractivity contribution >= 4 is 0 Å². The van der Waals surface area contributed by atoms with Gasteiger partial charge in [0, 0.05) is 29.8 Å². The smallest absolute Gasteiger partial charge is 0.0476 e. The number of hydrogen-bond donors (Lipinski definition) is 2. The maximum Gasteiger partial charge on any atom is 0.0476 e. The Bertz CT molecular complexity index is 422. The molecule has 1 atom stereocenters. The van der Waals surface area contributed by atoms with E-state index in [0.29, 0.717) is 6.04 Å². The molecule has 0 amide bonds. The lowest BCUT2D eigenvalue weighted by atomic mass is 10.1. The van der Waals surface area contributed by atoms with Gasteiger partial charge in [0.25, 0.3) is 0 Å². The summed E-state index contributed by atoms with van der Waals surface area (Å²) in [6.45, 7) is 3.24. The molecule has 0 saturated heterocycles. The van der Waals surface area contributed by atoms with Gasteiger partial charge in [0.05, 0.1) is 0 Å². The molecule has 2 rings (SSSR count). The van der Waals surface area contributed by atoms with Crippen molar-refractivity contribution in [1.82, 2.24) is 15.3 Å². The van der Waals surface area contributed by atoms with Gasteiger partial charge >= 0.3 is 0 Å². The fraction of sp³-hybridized carbons (Fsp3) is 0.400. The summed E-state index contributed by atoms with van der Waals surface area (Å²) >= 11 is 0. The maximum atomic E-state index is 4.37. The van der Waals surface area contributed by atoms with Crippen molar-refractivity contribution in [2.24, 2.45) is 0 Å². The largest absolute Gasteiger partial charge is 0.364 e. The van der Waals surface area contributed by atoms with E-state index in [9.17, 15) is 0 Å². The predicted octanol–water partition coefficient (Wildman–Crippen LogP) is 3.08. The Morgan fingerprint density at radius 3 is 2.89 bits per heavy atom. The normalized spacial score (nSPS) is 12.5. The Balaban J connectivity index is 1.93. The van der Waals surface area contributed by atoms with Crippen LogP contribution >= 0.6 is 0 Å². The molecule has 0 aliphatic carbocycles. The van der Waals surface area contributed by atoms with E-state index in [-0.39, 0.29) is 0 Å². The lowest BCUT2D eigenvalue weighted by Gasteiger charge is -2.17. The second-order valence-corrected chi connectivity index (χ2v) is 4.49. The first kappa shape index (κ1) is 12.8. The zero-order chi connectivity index (χ0) is 12.6. The number of aryl methyl sites for hydroxylation is 1. The fourth-order valence-electron chi connectivity index (χ4n) is 2.09. The zero-order valence-electron chi connectivity index (χ0n) is 10.9. The van der Waals surface area contributed by atoms with Gasteiger partial charge in [-0.05, 0) is 50.1 Å². The van der Waals surface area contributed by atoms with Gasteiger partial charge in [-0.1, -0.05) is 13.0 Å². The quantitative estimate of drug-likeness (QED) is 0.784. The summed E-state index contributed by atoms with van der Waals surface area (Å²) in [7, 11) is 0. The lowest BCUT2D eigenvalue weighted by Crippen LogP contribution is -2.23. The van der Waals surface area contributed by atoms with Crippen LogP contribution in [-0.4, -0.2) is 16.5 Å². The van der Waals surface area contributed by atoms with Gasteiger partial charge in [0.2, 0.25) is 0 Å². The monoisotopic (exact) mass is 243 g/mol. The molecule has 3 heteroatoms. The van der Waals surface area contributed by atoms with Crippen molar-refractivity contribution in [1.29, 1.82) is 0 Å². The fourth-order valence-corrected chi connectivity index (χ4v) is 2.09. The molecular formula is C15H21N3. The maximum absolute atomic E-state index is 4.37. The van der Waals surface area contributed by atoms with Gasteiger partial charge in [-0.15, -0.1) is 0 Å². The SMILES string of the molecule is CCCNC(CCc1ccccn1)c1ccc[nH]1. The summed E-state index contributed by atoms with van der Waals surface area (Å²) in [6, 6.07) is 10.7. The molecule has 0 aliphatic rings. The van der Waals surface area contributed by atoms with Crippen molar-refractivity contribution in [2.45, 2.75) is 32.2 Å². The van der Waals surface area contributed by atoms with Crippen LogP contribution in [0.2, 0.25) is 0 Å². The first-order chi connectivity index (χ1) is 8.90. The van der Waals surface area contributed by atoms with Crippen LogP contribution in [-0.2, 0) is 6.42 Å². The third kappa shape index (κ3) is 3.70. The minimum atomic E-state index is 0.391. The third-order valence-electron chi connectivity index (χ3n) is 3.05. The highest BCUT2D eigenvalue weighted by molar-refractivity contribution is 5.11. The molecule has 0 fully saturated rings. The molecule has 0 aromatic carbocycles. The van der Waals surface area contributed by atoms with Crippen LogP contribution in [0.3, 0.4) is 0 Å². The Morgan fingerprint density at radius 1 is 1.28 bits per heavy atom. The molecule has 2 heterocycles. The highest BCUT2D eigenvalue weighted by Gasteiger charge is 2.11. The van der Waals surface area contributed by atoms with E-state index in [1.165, 1.54) is 5.69 Å². The number of aromatic amines is 1. The molecule has 2 aromatic heterocycles. The zero-order valence-corrected chi connectivity index (χ0v) is 10.9. The van der Waals surface area contributed by atoms with Gasteiger partial charge in [0.15, 0.2) is 0 Å². The second kappa shape index (κ2) is 6.97. The average Bonchev–Trinajstić information content (AvgIpc) is 2.94. The standard InChI is InChI=1S/C15H21N3/c1-2-10-17-15(14-7-5-12-18-14)9-8-13-6-3-4-11-16-13/h3-7,11-12,15,17-18H,2,8-10H2,1H3. The molecular weight excluding hydrogens is 222 g/mol. The third-order valence-corrected chi connectivity index (χ3v) is 3.05. The Labute approximate surface area is 109 Å². The number of pyridine rings is 1. The molecule has 3 nitrogen and oxygen atoms in total. The van der Waals surface area contributed by atoms with Crippen molar-refractivity contribution in [3.8, 4) is 0 Å². The Hall–Kier alpha value is -1.61. The summed E-state index contributed by atoms with van der Waals surface area (Å²) < 4.78 is 0. The molecule has 0 radical (unpaired) electrons. The molecule has 18 heavy (non-hydrogen) atoms. The van der Waals surface area contributed by atoms with Crippen LogP contribution in [0.5, 0.6) is 0 Å². The minimum absolute atomic E-state index is 0.391. The Morgan fingerprint density at radius 2 is 2.22 bits per heavy atom. The van der Waals surface area contributed by atoms with E-state index < -0.39 is 0 Å².